The molecular formula is C22H16ClN3OS. The van der Waals surface area contributed by atoms with Crippen molar-refractivity contribution in [3.05, 3.63) is 99.4 Å². The van der Waals surface area contributed by atoms with E-state index in [9.17, 15) is 4.79 Å². The number of aliphatic imine (C=N–C) groups is 1. The number of hydrogen-bond donors (Lipinski definition) is 0. The van der Waals surface area contributed by atoms with Gasteiger partial charge in [0.2, 0.25) is 0 Å². The van der Waals surface area contributed by atoms with Gasteiger partial charge in [-0.3, -0.25) is 14.2 Å². The van der Waals surface area contributed by atoms with Crippen LogP contribution in [0.5, 0.6) is 0 Å². The zero-order chi connectivity index (χ0) is 19.5. The first-order valence-corrected chi connectivity index (χ1v) is 9.85. The Hall–Kier alpha value is -2.89. The molecule has 4 aromatic rings. The lowest BCUT2D eigenvalue weighted by molar-refractivity contribution is 0.977. The zero-order valence-corrected chi connectivity index (χ0v) is 16.6. The molecule has 4 nitrogen and oxygen atoms in total. The summed E-state index contributed by atoms with van der Waals surface area (Å²) in [6.45, 7) is 2.04. The molecule has 0 N–H and O–H groups in total. The summed E-state index contributed by atoms with van der Waals surface area (Å²) in [6.07, 6.45) is 3.28. The Bertz CT molecular complexity index is 1230. The van der Waals surface area contributed by atoms with E-state index in [1.807, 2.05) is 55.5 Å². The smallest absolute Gasteiger partial charge is 0.267 e. The number of aryl methyl sites for hydroxylation is 1. The first-order chi connectivity index (χ1) is 13.6. The Morgan fingerprint density at radius 3 is 2.68 bits per heavy atom. The summed E-state index contributed by atoms with van der Waals surface area (Å²) in [5.41, 5.74) is 2.73. The summed E-state index contributed by atoms with van der Waals surface area (Å²) in [6, 6.07) is 20.8. The van der Waals surface area contributed by atoms with Crippen LogP contribution in [0.2, 0.25) is 5.02 Å². The van der Waals surface area contributed by atoms with Gasteiger partial charge in [-0.15, -0.1) is 0 Å². The summed E-state index contributed by atoms with van der Waals surface area (Å²) >= 11 is 7.48. The molecular weight excluding hydrogens is 390 g/mol. The van der Waals surface area contributed by atoms with Crippen LogP contribution in [0.1, 0.15) is 11.1 Å². The van der Waals surface area contributed by atoms with Crippen molar-refractivity contribution < 1.29 is 0 Å². The van der Waals surface area contributed by atoms with Crippen LogP contribution in [0.25, 0.3) is 5.65 Å². The van der Waals surface area contributed by atoms with Gasteiger partial charge in [-0.05, 0) is 49.4 Å². The molecule has 0 saturated heterocycles. The Balaban J connectivity index is 1.83. The zero-order valence-electron chi connectivity index (χ0n) is 15.0. The molecule has 0 fully saturated rings. The summed E-state index contributed by atoms with van der Waals surface area (Å²) in [7, 11) is 0. The molecule has 4 rings (SSSR count). The first kappa shape index (κ1) is 18.5. The quantitative estimate of drug-likeness (QED) is 0.330. The number of rotatable bonds is 4. The van der Waals surface area contributed by atoms with Crippen molar-refractivity contribution in [3.8, 4) is 0 Å². The van der Waals surface area contributed by atoms with Crippen LogP contribution in [-0.4, -0.2) is 15.6 Å². The van der Waals surface area contributed by atoms with E-state index in [-0.39, 0.29) is 5.56 Å². The van der Waals surface area contributed by atoms with Crippen LogP contribution < -0.4 is 5.56 Å². The van der Waals surface area contributed by atoms with Crippen LogP contribution in [0.3, 0.4) is 0 Å². The molecule has 0 unspecified atom stereocenters. The van der Waals surface area contributed by atoms with Gasteiger partial charge in [0.15, 0.2) is 0 Å². The number of aromatic nitrogens is 2. The Labute approximate surface area is 171 Å². The number of nitrogens with zero attached hydrogens (tertiary/aromatic N) is 3. The Morgan fingerprint density at radius 1 is 1.07 bits per heavy atom. The normalized spacial score (nSPS) is 11.4. The van der Waals surface area contributed by atoms with Crippen molar-refractivity contribution in [1.29, 1.82) is 0 Å². The molecule has 2 aromatic heterocycles. The molecule has 0 aliphatic heterocycles. The average Bonchev–Trinajstić information content (AvgIpc) is 2.69. The van der Waals surface area contributed by atoms with Gasteiger partial charge in [0, 0.05) is 22.3 Å². The number of hydrogen-bond acceptors (Lipinski definition) is 4. The van der Waals surface area contributed by atoms with Gasteiger partial charge < -0.3 is 0 Å². The fourth-order valence-corrected chi connectivity index (χ4v) is 3.75. The molecule has 0 radical (unpaired) electrons. The molecule has 0 amide bonds. The highest BCUT2D eigenvalue weighted by atomic mass is 35.5. The fraction of sp³-hybridized carbons (Fsp3) is 0.0455. The Morgan fingerprint density at radius 2 is 1.89 bits per heavy atom. The maximum Gasteiger partial charge on any atom is 0.267 e. The fourth-order valence-electron chi connectivity index (χ4n) is 2.68. The highest BCUT2D eigenvalue weighted by Crippen LogP contribution is 2.28. The maximum atomic E-state index is 13.1. The SMILES string of the molecule is Cc1ccc(Sc2nc3ccccn3c(=O)c2C=Nc2cccc(Cl)c2)cc1. The third-order valence-corrected chi connectivity index (χ3v) is 5.37. The van der Waals surface area contributed by atoms with Crippen molar-refractivity contribution in [1.82, 2.24) is 9.38 Å². The van der Waals surface area contributed by atoms with Gasteiger partial charge in [-0.25, -0.2) is 4.98 Å². The van der Waals surface area contributed by atoms with Gasteiger partial charge in [-0.1, -0.05) is 53.2 Å². The summed E-state index contributed by atoms with van der Waals surface area (Å²) in [5.74, 6) is 0. The first-order valence-electron chi connectivity index (χ1n) is 8.66. The van der Waals surface area contributed by atoms with Gasteiger partial charge in [0.25, 0.3) is 5.56 Å². The third kappa shape index (κ3) is 4.01. The number of benzene rings is 2. The molecule has 2 heterocycles. The molecule has 2 aromatic carbocycles. The van der Waals surface area contributed by atoms with E-state index in [0.29, 0.717) is 26.9 Å². The van der Waals surface area contributed by atoms with E-state index < -0.39 is 0 Å². The van der Waals surface area contributed by atoms with E-state index in [1.165, 1.54) is 21.7 Å². The minimum absolute atomic E-state index is 0.161. The lowest BCUT2D eigenvalue weighted by Gasteiger charge is -2.08. The lowest BCUT2D eigenvalue weighted by Crippen LogP contribution is -2.20. The van der Waals surface area contributed by atoms with E-state index in [4.69, 9.17) is 16.6 Å². The predicted octanol–water partition coefficient (Wildman–Crippen LogP) is 5.56. The molecule has 0 aliphatic carbocycles. The van der Waals surface area contributed by atoms with Crippen molar-refractivity contribution in [3.63, 3.8) is 0 Å². The topological polar surface area (TPSA) is 46.7 Å². The van der Waals surface area contributed by atoms with Gasteiger partial charge in [0.1, 0.15) is 10.7 Å². The molecule has 0 bridgehead atoms. The van der Waals surface area contributed by atoms with Crippen LogP contribution in [0, 0.1) is 6.92 Å². The highest BCUT2D eigenvalue weighted by Gasteiger charge is 2.12. The van der Waals surface area contributed by atoms with Crippen LogP contribution in [-0.2, 0) is 0 Å². The standard InChI is InChI=1S/C22H16ClN3OS/c1-15-8-10-18(11-9-15)28-21-19(14-24-17-6-4-5-16(23)13-17)22(27)26-12-3-2-7-20(26)25-21/h2-14H,1H3. The van der Waals surface area contributed by atoms with E-state index in [2.05, 4.69) is 4.99 Å². The summed E-state index contributed by atoms with van der Waals surface area (Å²) in [4.78, 5) is 23.2. The number of fused-ring (bicyclic) bond motifs is 1. The lowest BCUT2D eigenvalue weighted by atomic mass is 10.2. The Kier molecular flexibility index (Phi) is 5.28. The third-order valence-electron chi connectivity index (χ3n) is 4.12. The predicted molar refractivity (Wildman–Crippen MR) is 115 cm³/mol. The van der Waals surface area contributed by atoms with Crippen LogP contribution in [0.4, 0.5) is 5.69 Å². The van der Waals surface area contributed by atoms with E-state index in [1.54, 1.807) is 30.6 Å². The highest BCUT2D eigenvalue weighted by molar-refractivity contribution is 7.99. The van der Waals surface area contributed by atoms with Gasteiger partial charge in [-0.2, -0.15) is 0 Å². The van der Waals surface area contributed by atoms with Crippen molar-refractivity contribution in [2.45, 2.75) is 16.8 Å². The second kappa shape index (κ2) is 8.00. The number of pyridine rings is 1. The van der Waals surface area contributed by atoms with Crippen molar-refractivity contribution >= 4 is 40.9 Å². The molecule has 0 aliphatic rings. The number of halogens is 1. The molecule has 0 saturated carbocycles. The largest absolute Gasteiger partial charge is 0.268 e. The second-order valence-electron chi connectivity index (χ2n) is 6.22. The van der Waals surface area contributed by atoms with E-state index in [0.717, 1.165) is 4.90 Å². The van der Waals surface area contributed by atoms with Crippen LogP contribution >= 0.6 is 23.4 Å². The average molecular weight is 406 g/mol. The van der Waals surface area contributed by atoms with Crippen LogP contribution in [0.15, 0.2) is 92.6 Å². The molecule has 0 spiro atoms. The molecule has 138 valence electrons. The summed E-state index contributed by atoms with van der Waals surface area (Å²) in [5, 5.41) is 1.21. The molecule has 28 heavy (non-hydrogen) atoms. The second-order valence-corrected chi connectivity index (χ2v) is 7.72. The minimum Gasteiger partial charge on any atom is -0.268 e. The monoisotopic (exact) mass is 405 g/mol. The van der Waals surface area contributed by atoms with Gasteiger partial charge >= 0.3 is 0 Å². The van der Waals surface area contributed by atoms with Crippen molar-refractivity contribution in [2.75, 3.05) is 0 Å². The maximum absolute atomic E-state index is 13.1. The summed E-state index contributed by atoms with van der Waals surface area (Å²) < 4.78 is 1.53. The minimum atomic E-state index is -0.161. The van der Waals surface area contributed by atoms with Gasteiger partial charge in [0.05, 0.1) is 11.3 Å². The molecule has 6 heteroatoms. The van der Waals surface area contributed by atoms with Crippen molar-refractivity contribution in [2.24, 2.45) is 4.99 Å². The molecule has 0 atom stereocenters. The van der Waals surface area contributed by atoms with E-state index >= 15 is 0 Å².